The Morgan fingerprint density at radius 2 is 1.54 bits per heavy atom. The number of methoxy groups -OCH3 is 1. The van der Waals surface area contributed by atoms with Crippen LogP contribution in [0.15, 0.2) is 60.7 Å². The third kappa shape index (κ3) is 6.20. The van der Waals surface area contributed by atoms with E-state index in [0.29, 0.717) is 19.4 Å². The van der Waals surface area contributed by atoms with Gasteiger partial charge in [0.25, 0.3) is 0 Å². The zero-order valence-electron chi connectivity index (χ0n) is 16.6. The minimum atomic E-state index is -0.417. The second-order valence-electron chi connectivity index (χ2n) is 6.92. The molecule has 0 aliphatic carbocycles. The molecule has 2 aromatic carbocycles. The molecular weight excluding hydrogens is 354 g/mol. The molecule has 1 unspecified atom stereocenters. The summed E-state index contributed by atoms with van der Waals surface area (Å²) in [5.74, 6) is -0.870. The Hall–Kier alpha value is -2.66. The maximum atomic E-state index is 13.1. The molecule has 0 radical (unpaired) electrons. The largest absolute Gasteiger partial charge is 0.469 e. The molecule has 0 saturated heterocycles. The number of benzene rings is 2. The predicted octanol–water partition coefficient (Wildman–Crippen LogP) is 3.23. The van der Waals surface area contributed by atoms with E-state index in [2.05, 4.69) is 0 Å². The molecule has 0 saturated carbocycles. The monoisotopic (exact) mass is 383 g/mol. The fraction of sp³-hybridized carbons (Fsp3) is 0.391. The number of amides is 1. The molecule has 1 amide bonds. The molecule has 5 heteroatoms. The third-order valence-corrected chi connectivity index (χ3v) is 4.82. The van der Waals surface area contributed by atoms with Crippen LogP contribution in [-0.4, -0.2) is 48.7 Å². The highest BCUT2D eigenvalue weighted by molar-refractivity contribution is 5.79. The summed E-state index contributed by atoms with van der Waals surface area (Å²) in [5, 5.41) is 9.19. The summed E-state index contributed by atoms with van der Waals surface area (Å²) in [6.45, 7) is 2.43. The molecule has 0 fully saturated rings. The molecule has 0 aliphatic rings. The van der Waals surface area contributed by atoms with Crippen molar-refractivity contribution in [1.82, 2.24) is 4.90 Å². The zero-order valence-corrected chi connectivity index (χ0v) is 16.6. The number of carbonyl (C=O) groups is 2. The quantitative estimate of drug-likeness (QED) is 0.640. The lowest BCUT2D eigenvalue weighted by Gasteiger charge is -2.27. The summed E-state index contributed by atoms with van der Waals surface area (Å²) >= 11 is 0. The molecule has 0 aromatic heterocycles. The minimum Gasteiger partial charge on any atom is -0.469 e. The molecule has 1 N–H and O–H groups in total. The maximum absolute atomic E-state index is 13.1. The highest BCUT2D eigenvalue weighted by atomic mass is 16.5. The summed E-state index contributed by atoms with van der Waals surface area (Å²) in [7, 11) is 1.35. The Labute approximate surface area is 166 Å². The number of nitrogens with zero attached hydrogens (tertiary/aromatic N) is 1. The van der Waals surface area contributed by atoms with Gasteiger partial charge in [-0.05, 0) is 17.5 Å². The molecular formula is C23H29NO4. The van der Waals surface area contributed by atoms with Crippen LogP contribution >= 0.6 is 0 Å². The second kappa shape index (κ2) is 11.2. The first-order chi connectivity index (χ1) is 13.6. The van der Waals surface area contributed by atoms with Crippen LogP contribution in [0.4, 0.5) is 0 Å². The van der Waals surface area contributed by atoms with Gasteiger partial charge in [-0.25, -0.2) is 0 Å². The molecule has 0 aliphatic heterocycles. The molecule has 5 nitrogen and oxygen atoms in total. The van der Waals surface area contributed by atoms with Crippen molar-refractivity contribution in [1.29, 1.82) is 0 Å². The summed E-state index contributed by atoms with van der Waals surface area (Å²) < 4.78 is 4.79. The van der Waals surface area contributed by atoms with Crippen LogP contribution in [0.2, 0.25) is 0 Å². The van der Waals surface area contributed by atoms with Crippen molar-refractivity contribution in [2.24, 2.45) is 5.92 Å². The number of ether oxygens (including phenoxy) is 1. The van der Waals surface area contributed by atoms with Crippen LogP contribution < -0.4 is 0 Å². The van der Waals surface area contributed by atoms with Crippen LogP contribution in [0.25, 0.3) is 0 Å². The lowest BCUT2D eigenvalue weighted by Crippen LogP contribution is -2.39. The van der Waals surface area contributed by atoms with Gasteiger partial charge < -0.3 is 14.7 Å². The fourth-order valence-electron chi connectivity index (χ4n) is 3.29. The van der Waals surface area contributed by atoms with Crippen LogP contribution in [0, 0.1) is 5.92 Å². The Morgan fingerprint density at radius 3 is 2.00 bits per heavy atom. The zero-order chi connectivity index (χ0) is 20.4. The Morgan fingerprint density at radius 1 is 1.00 bits per heavy atom. The van der Waals surface area contributed by atoms with E-state index in [4.69, 9.17) is 4.74 Å². The second-order valence-corrected chi connectivity index (χ2v) is 6.92. The lowest BCUT2D eigenvalue weighted by atomic mass is 9.88. The van der Waals surface area contributed by atoms with Crippen molar-refractivity contribution in [2.45, 2.75) is 25.7 Å². The van der Waals surface area contributed by atoms with E-state index in [1.807, 2.05) is 60.7 Å². The van der Waals surface area contributed by atoms with Gasteiger partial charge in [0.1, 0.15) is 0 Å². The van der Waals surface area contributed by atoms with Crippen LogP contribution in [0.5, 0.6) is 0 Å². The number of rotatable bonds is 10. The molecule has 2 rings (SSSR count). The first-order valence-electron chi connectivity index (χ1n) is 9.63. The van der Waals surface area contributed by atoms with Crippen molar-refractivity contribution in [3.8, 4) is 0 Å². The number of esters is 1. The number of hydrogen-bond acceptors (Lipinski definition) is 4. The third-order valence-electron chi connectivity index (χ3n) is 4.82. The molecule has 0 spiro atoms. The standard InChI is InChI=1S/C23H29NO4/c1-18(23(27)28-2)17-24(14-9-15-25)22(26)16-21(19-10-5-3-6-11-19)20-12-7-4-8-13-20/h3-8,10-13,18,21,25H,9,14-17H2,1-2H3. The SMILES string of the molecule is COC(=O)C(C)CN(CCCO)C(=O)CC(c1ccccc1)c1ccccc1. The van der Waals surface area contributed by atoms with Gasteiger partial charge in [0.2, 0.25) is 5.91 Å². The average molecular weight is 383 g/mol. The van der Waals surface area contributed by atoms with Gasteiger partial charge in [0, 0.05) is 32.0 Å². The van der Waals surface area contributed by atoms with E-state index in [-0.39, 0.29) is 30.9 Å². The predicted molar refractivity (Wildman–Crippen MR) is 109 cm³/mol. The molecule has 0 heterocycles. The number of aliphatic hydroxyl groups is 1. The molecule has 150 valence electrons. The van der Waals surface area contributed by atoms with E-state index in [1.165, 1.54) is 7.11 Å². The topological polar surface area (TPSA) is 66.8 Å². The highest BCUT2D eigenvalue weighted by Crippen LogP contribution is 2.28. The lowest BCUT2D eigenvalue weighted by molar-refractivity contribution is -0.146. The summed E-state index contributed by atoms with van der Waals surface area (Å²) in [6, 6.07) is 19.9. The summed E-state index contributed by atoms with van der Waals surface area (Å²) in [5.41, 5.74) is 2.15. The number of carbonyl (C=O) groups excluding carboxylic acids is 2. The normalized spacial score (nSPS) is 11.9. The van der Waals surface area contributed by atoms with Crippen molar-refractivity contribution < 1.29 is 19.4 Å². The molecule has 1 atom stereocenters. The van der Waals surface area contributed by atoms with Gasteiger partial charge in [-0.15, -0.1) is 0 Å². The Kier molecular flexibility index (Phi) is 8.69. The van der Waals surface area contributed by atoms with Crippen molar-refractivity contribution in [3.05, 3.63) is 71.8 Å². The van der Waals surface area contributed by atoms with Crippen molar-refractivity contribution in [2.75, 3.05) is 26.8 Å². The molecule has 0 bridgehead atoms. The highest BCUT2D eigenvalue weighted by Gasteiger charge is 2.25. The summed E-state index contributed by atoms with van der Waals surface area (Å²) in [4.78, 5) is 26.6. The van der Waals surface area contributed by atoms with Crippen LogP contribution in [0.3, 0.4) is 0 Å². The first-order valence-corrected chi connectivity index (χ1v) is 9.63. The van der Waals surface area contributed by atoms with Gasteiger partial charge in [-0.1, -0.05) is 67.6 Å². The van der Waals surface area contributed by atoms with E-state index in [0.717, 1.165) is 11.1 Å². The van der Waals surface area contributed by atoms with Gasteiger partial charge in [-0.3, -0.25) is 9.59 Å². The van der Waals surface area contributed by atoms with E-state index >= 15 is 0 Å². The number of hydrogen-bond donors (Lipinski definition) is 1. The van der Waals surface area contributed by atoms with Gasteiger partial charge in [0.15, 0.2) is 0 Å². The van der Waals surface area contributed by atoms with Crippen molar-refractivity contribution in [3.63, 3.8) is 0 Å². The van der Waals surface area contributed by atoms with Crippen LogP contribution in [0.1, 0.15) is 36.8 Å². The smallest absolute Gasteiger partial charge is 0.310 e. The van der Waals surface area contributed by atoms with E-state index in [1.54, 1.807) is 11.8 Å². The Bertz CT molecular complexity index is 693. The van der Waals surface area contributed by atoms with Crippen LogP contribution in [-0.2, 0) is 14.3 Å². The number of aliphatic hydroxyl groups excluding tert-OH is 1. The maximum Gasteiger partial charge on any atom is 0.310 e. The van der Waals surface area contributed by atoms with E-state index < -0.39 is 5.92 Å². The summed E-state index contributed by atoms with van der Waals surface area (Å²) in [6.07, 6.45) is 0.772. The minimum absolute atomic E-state index is 0.00279. The molecule has 28 heavy (non-hydrogen) atoms. The Balaban J connectivity index is 2.22. The van der Waals surface area contributed by atoms with E-state index in [9.17, 15) is 14.7 Å². The fourth-order valence-corrected chi connectivity index (χ4v) is 3.29. The van der Waals surface area contributed by atoms with Crippen molar-refractivity contribution >= 4 is 11.9 Å². The van der Waals surface area contributed by atoms with Gasteiger partial charge >= 0.3 is 5.97 Å². The molecule has 2 aromatic rings. The average Bonchev–Trinajstić information content (AvgIpc) is 2.75. The van der Waals surface area contributed by atoms with Gasteiger partial charge in [-0.2, -0.15) is 0 Å². The first kappa shape index (κ1) is 21.6. The van der Waals surface area contributed by atoms with Gasteiger partial charge in [0.05, 0.1) is 13.0 Å².